The number of nitrogens with zero attached hydrogens (tertiary/aromatic N) is 1. The van der Waals surface area contributed by atoms with E-state index < -0.39 is 0 Å². The van der Waals surface area contributed by atoms with Crippen LogP contribution in [0.15, 0.2) is 33.7 Å². The van der Waals surface area contributed by atoms with Crippen LogP contribution in [0.25, 0.3) is 0 Å². The standard InChI is InChI=1S/C14H18BrN/c1-11(12-5-3-2-4-6-12)16-14-9-7-13(15)8-10-14/h7-10,12H,2-6H2,1H3. The largest absolute Gasteiger partial charge is 0.258 e. The summed E-state index contributed by atoms with van der Waals surface area (Å²) in [6.07, 6.45) is 6.80. The van der Waals surface area contributed by atoms with Gasteiger partial charge in [0, 0.05) is 10.2 Å². The molecular formula is C14H18BrN. The second-order valence-electron chi connectivity index (χ2n) is 4.56. The molecule has 0 radical (unpaired) electrons. The lowest BCUT2D eigenvalue weighted by Gasteiger charge is -2.21. The van der Waals surface area contributed by atoms with Crippen LogP contribution in [0.5, 0.6) is 0 Å². The SMILES string of the molecule is CC(=Nc1ccc(Br)cc1)C1CCCCC1. The fourth-order valence-electron chi connectivity index (χ4n) is 2.33. The molecule has 1 aromatic rings. The summed E-state index contributed by atoms with van der Waals surface area (Å²) in [5.74, 6) is 0.720. The molecule has 0 saturated heterocycles. The van der Waals surface area contributed by atoms with Crippen molar-refractivity contribution in [1.29, 1.82) is 0 Å². The fraction of sp³-hybridized carbons (Fsp3) is 0.500. The summed E-state index contributed by atoms with van der Waals surface area (Å²) < 4.78 is 1.11. The first-order valence-corrected chi connectivity index (χ1v) is 6.86. The van der Waals surface area contributed by atoms with Gasteiger partial charge in [-0.1, -0.05) is 35.2 Å². The fourth-order valence-corrected chi connectivity index (χ4v) is 2.60. The van der Waals surface area contributed by atoms with E-state index in [1.807, 2.05) is 12.1 Å². The number of aliphatic imine (C=N–C) groups is 1. The van der Waals surface area contributed by atoms with Crippen LogP contribution in [0.2, 0.25) is 0 Å². The van der Waals surface area contributed by atoms with Gasteiger partial charge in [0.25, 0.3) is 0 Å². The first kappa shape index (κ1) is 11.8. The molecule has 16 heavy (non-hydrogen) atoms. The van der Waals surface area contributed by atoms with Crippen molar-refractivity contribution >= 4 is 27.3 Å². The van der Waals surface area contributed by atoms with Crippen molar-refractivity contribution in [2.45, 2.75) is 39.0 Å². The van der Waals surface area contributed by atoms with Crippen LogP contribution in [-0.2, 0) is 0 Å². The number of rotatable bonds is 2. The third-order valence-electron chi connectivity index (χ3n) is 3.33. The molecule has 1 nitrogen and oxygen atoms in total. The maximum Gasteiger partial charge on any atom is 0.0629 e. The maximum atomic E-state index is 4.72. The van der Waals surface area contributed by atoms with Gasteiger partial charge in [0.2, 0.25) is 0 Å². The van der Waals surface area contributed by atoms with Crippen molar-refractivity contribution < 1.29 is 0 Å². The van der Waals surface area contributed by atoms with Crippen LogP contribution in [-0.4, -0.2) is 5.71 Å². The minimum atomic E-state index is 0.720. The van der Waals surface area contributed by atoms with Crippen molar-refractivity contribution in [3.63, 3.8) is 0 Å². The summed E-state index contributed by atoms with van der Waals surface area (Å²) >= 11 is 3.44. The lowest BCUT2D eigenvalue weighted by atomic mass is 9.86. The normalized spacial score (nSPS) is 18.8. The van der Waals surface area contributed by atoms with E-state index >= 15 is 0 Å². The van der Waals surface area contributed by atoms with E-state index in [1.54, 1.807) is 0 Å². The van der Waals surface area contributed by atoms with Crippen LogP contribution in [0.3, 0.4) is 0 Å². The topological polar surface area (TPSA) is 12.4 Å². The van der Waals surface area contributed by atoms with Crippen LogP contribution in [0.1, 0.15) is 39.0 Å². The van der Waals surface area contributed by atoms with Crippen molar-refractivity contribution in [2.75, 3.05) is 0 Å². The number of benzene rings is 1. The highest BCUT2D eigenvalue weighted by Gasteiger charge is 2.15. The molecule has 1 aliphatic carbocycles. The van der Waals surface area contributed by atoms with Gasteiger partial charge in [0.05, 0.1) is 5.69 Å². The van der Waals surface area contributed by atoms with Gasteiger partial charge in [0.15, 0.2) is 0 Å². The molecule has 0 unspecified atom stereocenters. The molecule has 0 bridgehead atoms. The van der Waals surface area contributed by atoms with Crippen molar-refractivity contribution in [3.8, 4) is 0 Å². The Morgan fingerprint density at radius 1 is 1.12 bits per heavy atom. The van der Waals surface area contributed by atoms with Crippen molar-refractivity contribution in [2.24, 2.45) is 10.9 Å². The van der Waals surface area contributed by atoms with E-state index in [4.69, 9.17) is 4.99 Å². The molecule has 86 valence electrons. The molecule has 1 aliphatic rings. The van der Waals surface area contributed by atoms with Gasteiger partial charge < -0.3 is 0 Å². The smallest absolute Gasteiger partial charge is 0.0629 e. The summed E-state index contributed by atoms with van der Waals surface area (Å²) in [4.78, 5) is 4.72. The maximum absolute atomic E-state index is 4.72. The van der Waals surface area contributed by atoms with E-state index in [0.717, 1.165) is 16.1 Å². The predicted molar refractivity (Wildman–Crippen MR) is 73.5 cm³/mol. The average molecular weight is 280 g/mol. The Balaban J connectivity index is 2.07. The van der Waals surface area contributed by atoms with Crippen molar-refractivity contribution in [1.82, 2.24) is 0 Å². The average Bonchev–Trinajstić information content (AvgIpc) is 2.33. The van der Waals surface area contributed by atoms with E-state index in [-0.39, 0.29) is 0 Å². The van der Waals surface area contributed by atoms with Crippen LogP contribution in [0, 0.1) is 5.92 Å². The van der Waals surface area contributed by atoms with E-state index in [1.165, 1.54) is 37.8 Å². The van der Waals surface area contributed by atoms with Crippen LogP contribution < -0.4 is 0 Å². The summed E-state index contributed by atoms with van der Waals surface area (Å²) in [6, 6.07) is 8.23. The lowest BCUT2D eigenvalue weighted by Crippen LogP contribution is -2.14. The molecule has 0 spiro atoms. The molecule has 0 aliphatic heterocycles. The minimum absolute atomic E-state index is 0.720. The first-order chi connectivity index (χ1) is 7.75. The zero-order valence-electron chi connectivity index (χ0n) is 9.75. The third kappa shape index (κ3) is 3.18. The molecule has 0 heterocycles. The molecular weight excluding hydrogens is 262 g/mol. The number of hydrogen-bond acceptors (Lipinski definition) is 1. The Bertz CT molecular complexity index is 361. The van der Waals surface area contributed by atoms with Crippen LogP contribution in [0.4, 0.5) is 5.69 Å². The summed E-state index contributed by atoms with van der Waals surface area (Å²) in [5, 5.41) is 0. The molecule has 0 N–H and O–H groups in total. The third-order valence-corrected chi connectivity index (χ3v) is 3.86. The molecule has 0 aromatic heterocycles. The van der Waals surface area contributed by atoms with Crippen molar-refractivity contribution in [3.05, 3.63) is 28.7 Å². The summed E-state index contributed by atoms with van der Waals surface area (Å²) in [5.41, 5.74) is 2.38. The second-order valence-corrected chi connectivity index (χ2v) is 5.48. The second kappa shape index (κ2) is 5.62. The van der Waals surface area contributed by atoms with Gasteiger partial charge in [-0.3, -0.25) is 4.99 Å². The van der Waals surface area contributed by atoms with Gasteiger partial charge in [-0.15, -0.1) is 0 Å². The highest BCUT2D eigenvalue weighted by atomic mass is 79.9. The zero-order chi connectivity index (χ0) is 11.4. The number of halogens is 1. The predicted octanol–water partition coefficient (Wildman–Crippen LogP) is 5.12. The van der Waals surface area contributed by atoms with E-state index in [2.05, 4.69) is 35.0 Å². The number of hydrogen-bond donors (Lipinski definition) is 0. The highest BCUT2D eigenvalue weighted by molar-refractivity contribution is 9.10. The Kier molecular flexibility index (Phi) is 4.16. The molecule has 1 saturated carbocycles. The van der Waals surface area contributed by atoms with Gasteiger partial charge in [0.1, 0.15) is 0 Å². The summed E-state index contributed by atoms with van der Waals surface area (Å²) in [7, 11) is 0. The Labute approximate surface area is 106 Å². The Morgan fingerprint density at radius 3 is 2.38 bits per heavy atom. The zero-order valence-corrected chi connectivity index (χ0v) is 11.3. The Morgan fingerprint density at radius 2 is 1.75 bits per heavy atom. The molecule has 0 amide bonds. The minimum Gasteiger partial charge on any atom is -0.258 e. The van der Waals surface area contributed by atoms with Gasteiger partial charge in [-0.05, 0) is 49.9 Å². The van der Waals surface area contributed by atoms with Gasteiger partial charge in [-0.2, -0.15) is 0 Å². The van der Waals surface area contributed by atoms with E-state index in [9.17, 15) is 0 Å². The van der Waals surface area contributed by atoms with Gasteiger partial charge >= 0.3 is 0 Å². The van der Waals surface area contributed by atoms with Crippen LogP contribution >= 0.6 is 15.9 Å². The quantitative estimate of drug-likeness (QED) is 0.666. The van der Waals surface area contributed by atoms with E-state index in [0.29, 0.717) is 0 Å². The molecule has 2 rings (SSSR count). The Hall–Kier alpha value is -0.630. The highest BCUT2D eigenvalue weighted by Crippen LogP contribution is 2.26. The molecule has 1 aromatic carbocycles. The molecule has 1 fully saturated rings. The summed E-state index contributed by atoms with van der Waals surface area (Å²) in [6.45, 7) is 2.18. The molecule has 0 atom stereocenters. The monoisotopic (exact) mass is 279 g/mol. The first-order valence-electron chi connectivity index (χ1n) is 6.06. The van der Waals surface area contributed by atoms with Gasteiger partial charge in [-0.25, -0.2) is 0 Å². The molecule has 2 heteroatoms. The lowest BCUT2D eigenvalue weighted by molar-refractivity contribution is 0.438.